The lowest BCUT2D eigenvalue weighted by Crippen LogP contribution is -2.46. The zero-order valence-electron chi connectivity index (χ0n) is 10.8. The van der Waals surface area contributed by atoms with Gasteiger partial charge in [0.05, 0.1) is 12.6 Å². The molecule has 4 heteroatoms. The van der Waals surface area contributed by atoms with Gasteiger partial charge in [-0.3, -0.25) is 5.32 Å². The van der Waals surface area contributed by atoms with Gasteiger partial charge in [0.1, 0.15) is 11.4 Å². The molecule has 0 bridgehead atoms. The van der Waals surface area contributed by atoms with Gasteiger partial charge >= 0.3 is 0 Å². The fourth-order valence-corrected chi connectivity index (χ4v) is 2.09. The monoisotopic (exact) mass is 232 g/mol. The molecule has 0 aliphatic heterocycles. The van der Waals surface area contributed by atoms with Gasteiger partial charge in [0, 0.05) is 24.4 Å². The molecule has 1 aliphatic rings. The number of hydrogen-bond donors (Lipinski definition) is 1. The van der Waals surface area contributed by atoms with Crippen LogP contribution in [0.25, 0.3) is 0 Å². The molecule has 0 aromatic carbocycles. The molecule has 4 nitrogen and oxygen atoms in total. The van der Waals surface area contributed by atoms with Gasteiger partial charge in [-0.25, -0.2) is 4.98 Å². The fourth-order valence-electron chi connectivity index (χ4n) is 2.09. The Hall–Kier alpha value is -1.34. The van der Waals surface area contributed by atoms with Crippen molar-refractivity contribution in [3.05, 3.63) is 18.2 Å². The minimum Gasteiger partial charge on any atom is -0.332 e. The summed E-state index contributed by atoms with van der Waals surface area (Å²) in [6.45, 7) is 6.87. The SMILES string of the molecule is CC(C)c1nccn1CC(C)(C#N)NC1CC1. The highest BCUT2D eigenvalue weighted by molar-refractivity contribution is 5.10. The van der Waals surface area contributed by atoms with Crippen molar-refractivity contribution in [1.29, 1.82) is 5.26 Å². The van der Waals surface area contributed by atoms with Crippen molar-refractivity contribution < 1.29 is 0 Å². The van der Waals surface area contributed by atoms with Crippen LogP contribution < -0.4 is 5.32 Å². The maximum atomic E-state index is 9.34. The molecule has 1 fully saturated rings. The third-order valence-corrected chi connectivity index (χ3v) is 3.10. The third kappa shape index (κ3) is 2.86. The first kappa shape index (κ1) is 12.1. The highest BCUT2D eigenvalue weighted by atomic mass is 15.1. The van der Waals surface area contributed by atoms with E-state index < -0.39 is 5.54 Å². The number of nitriles is 1. The summed E-state index contributed by atoms with van der Waals surface area (Å²) in [4.78, 5) is 4.35. The van der Waals surface area contributed by atoms with E-state index in [2.05, 4.69) is 34.8 Å². The second kappa shape index (κ2) is 4.50. The van der Waals surface area contributed by atoms with Gasteiger partial charge in [-0.15, -0.1) is 0 Å². The Bertz CT molecular complexity index is 425. The molecule has 92 valence electrons. The van der Waals surface area contributed by atoms with E-state index in [1.54, 1.807) is 0 Å². The van der Waals surface area contributed by atoms with Gasteiger partial charge in [0.2, 0.25) is 0 Å². The normalized spacial score (nSPS) is 19.0. The second-order valence-corrected chi connectivity index (χ2v) is 5.43. The van der Waals surface area contributed by atoms with Gasteiger partial charge in [0.15, 0.2) is 0 Å². The van der Waals surface area contributed by atoms with Crippen LogP contribution in [0.3, 0.4) is 0 Å². The lowest BCUT2D eigenvalue weighted by Gasteiger charge is -2.25. The van der Waals surface area contributed by atoms with E-state index >= 15 is 0 Å². The van der Waals surface area contributed by atoms with Crippen molar-refractivity contribution in [3.8, 4) is 6.07 Å². The molecule has 1 heterocycles. The van der Waals surface area contributed by atoms with Crippen LogP contribution in [0.5, 0.6) is 0 Å². The van der Waals surface area contributed by atoms with Gasteiger partial charge in [-0.2, -0.15) is 5.26 Å². The molecule has 1 saturated carbocycles. The van der Waals surface area contributed by atoms with Crippen LogP contribution >= 0.6 is 0 Å². The minimum atomic E-state index is -0.495. The van der Waals surface area contributed by atoms with Gasteiger partial charge in [-0.05, 0) is 19.8 Å². The molecular formula is C13H20N4. The summed E-state index contributed by atoms with van der Waals surface area (Å²) < 4.78 is 2.09. The summed E-state index contributed by atoms with van der Waals surface area (Å²) in [5, 5.41) is 12.8. The molecule has 0 amide bonds. The van der Waals surface area contributed by atoms with E-state index in [0.29, 0.717) is 18.5 Å². The summed E-state index contributed by atoms with van der Waals surface area (Å²) in [5.74, 6) is 1.43. The number of rotatable bonds is 5. The Morgan fingerprint density at radius 3 is 2.88 bits per heavy atom. The van der Waals surface area contributed by atoms with E-state index in [9.17, 15) is 5.26 Å². The highest BCUT2D eigenvalue weighted by Crippen LogP contribution is 2.24. The van der Waals surface area contributed by atoms with Crippen LogP contribution in [0.15, 0.2) is 12.4 Å². The van der Waals surface area contributed by atoms with E-state index in [4.69, 9.17) is 0 Å². The molecular weight excluding hydrogens is 212 g/mol. The molecule has 17 heavy (non-hydrogen) atoms. The molecule has 1 atom stereocenters. The van der Waals surface area contributed by atoms with Crippen molar-refractivity contribution in [1.82, 2.24) is 14.9 Å². The van der Waals surface area contributed by atoms with E-state index in [1.807, 2.05) is 19.3 Å². The van der Waals surface area contributed by atoms with Crippen LogP contribution in [0.4, 0.5) is 0 Å². The summed E-state index contributed by atoms with van der Waals surface area (Å²) in [6, 6.07) is 2.93. The maximum absolute atomic E-state index is 9.34. The van der Waals surface area contributed by atoms with Gasteiger partial charge < -0.3 is 4.57 Å². The van der Waals surface area contributed by atoms with Gasteiger partial charge in [-0.1, -0.05) is 13.8 Å². The lowest BCUT2D eigenvalue weighted by molar-refractivity contribution is 0.377. The van der Waals surface area contributed by atoms with Crippen LogP contribution in [0.1, 0.15) is 45.4 Å². The van der Waals surface area contributed by atoms with E-state index in [0.717, 1.165) is 5.82 Å². The summed E-state index contributed by atoms with van der Waals surface area (Å²) in [7, 11) is 0. The molecule has 1 aromatic rings. The molecule has 0 radical (unpaired) electrons. The molecule has 1 unspecified atom stereocenters. The van der Waals surface area contributed by atoms with Crippen LogP contribution in [0.2, 0.25) is 0 Å². The van der Waals surface area contributed by atoms with Crippen molar-refractivity contribution in [2.45, 2.75) is 57.7 Å². The molecule has 2 rings (SSSR count). The molecule has 0 spiro atoms. The van der Waals surface area contributed by atoms with Crippen LogP contribution in [0, 0.1) is 11.3 Å². The zero-order chi connectivity index (χ0) is 12.5. The fraction of sp³-hybridized carbons (Fsp3) is 0.692. The maximum Gasteiger partial charge on any atom is 0.122 e. The number of hydrogen-bond acceptors (Lipinski definition) is 3. The highest BCUT2D eigenvalue weighted by Gasteiger charge is 2.33. The zero-order valence-corrected chi connectivity index (χ0v) is 10.8. The van der Waals surface area contributed by atoms with E-state index in [1.165, 1.54) is 12.8 Å². The Morgan fingerprint density at radius 1 is 1.65 bits per heavy atom. The third-order valence-electron chi connectivity index (χ3n) is 3.10. The van der Waals surface area contributed by atoms with Crippen molar-refractivity contribution in [3.63, 3.8) is 0 Å². The molecule has 1 N–H and O–H groups in total. The van der Waals surface area contributed by atoms with Crippen molar-refractivity contribution in [2.75, 3.05) is 0 Å². The van der Waals surface area contributed by atoms with Gasteiger partial charge in [0.25, 0.3) is 0 Å². The number of imidazole rings is 1. The topological polar surface area (TPSA) is 53.6 Å². The first-order valence-corrected chi connectivity index (χ1v) is 6.24. The van der Waals surface area contributed by atoms with Crippen LogP contribution in [-0.2, 0) is 6.54 Å². The minimum absolute atomic E-state index is 0.383. The average Bonchev–Trinajstić information content (AvgIpc) is 2.94. The molecule has 0 saturated heterocycles. The Labute approximate surface area is 103 Å². The Morgan fingerprint density at radius 2 is 2.35 bits per heavy atom. The molecule has 1 aliphatic carbocycles. The van der Waals surface area contributed by atoms with Crippen molar-refractivity contribution in [2.24, 2.45) is 0 Å². The number of nitrogens with one attached hydrogen (secondary N) is 1. The van der Waals surface area contributed by atoms with E-state index in [-0.39, 0.29) is 0 Å². The quantitative estimate of drug-likeness (QED) is 0.845. The smallest absolute Gasteiger partial charge is 0.122 e. The first-order chi connectivity index (χ1) is 8.04. The lowest BCUT2D eigenvalue weighted by atomic mass is 10.0. The Balaban J connectivity index is 2.12. The predicted molar refractivity (Wildman–Crippen MR) is 66.5 cm³/mol. The number of nitrogens with zero attached hydrogens (tertiary/aromatic N) is 3. The summed E-state index contributed by atoms with van der Waals surface area (Å²) >= 11 is 0. The molecule has 1 aromatic heterocycles. The average molecular weight is 232 g/mol. The second-order valence-electron chi connectivity index (χ2n) is 5.43. The largest absolute Gasteiger partial charge is 0.332 e. The standard InChI is InChI=1S/C13H20N4/c1-10(2)12-15-6-7-17(12)9-13(3,8-14)16-11-4-5-11/h6-7,10-11,16H,4-5,9H2,1-3H3. The first-order valence-electron chi connectivity index (χ1n) is 6.24. The summed E-state index contributed by atoms with van der Waals surface area (Å²) in [5.41, 5.74) is -0.495. The predicted octanol–water partition coefficient (Wildman–Crippen LogP) is 2.04. The Kier molecular flexibility index (Phi) is 3.21. The number of aromatic nitrogens is 2. The van der Waals surface area contributed by atoms with Crippen LogP contribution in [-0.4, -0.2) is 21.1 Å². The van der Waals surface area contributed by atoms with Crippen molar-refractivity contribution >= 4 is 0 Å². The summed E-state index contributed by atoms with van der Waals surface area (Å²) in [6.07, 6.45) is 6.15.